The van der Waals surface area contributed by atoms with Gasteiger partial charge >= 0.3 is 0 Å². The SMILES string of the molecule is COCCCN(CCCCc1cc(Cl)c(COC2(c3cnccc3-c3ccccc3OC3CC3)CC2)cc1Cl)C(=O)C(O)C(O)C(O)C(O)CO. The van der Waals surface area contributed by atoms with E-state index in [1.807, 2.05) is 42.6 Å². The van der Waals surface area contributed by atoms with Gasteiger partial charge in [-0.15, -0.1) is 0 Å². The number of rotatable bonds is 21. The molecule has 3 aromatic rings. The molecule has 278 valence electrons. The van der Waals surface area contributed by atoms with Crippen LogP contribution in [0.3, 0.4) is 0 Å². The summed E-state index contributed by atoms with van der Waals surface area (Å²) in [5, 5.41) is 50.4. The molecule has 0 spiro atoms. The Balaban J connectivity index is 1.18. The molecule has 1 aromatic heterocycles. The van der Waals surface area contributed by atoms with Crippen LogP contribution in [0, 0.1) is 0 Å². The third-order valence-corrected chi connectivity index (χ3v) is 10.2. The molecular formula is C38H48Cl2N2O9. The second-order valence-electron chi connectivity index (χ2n) is 13.4. The molecule has 5 N–H and O–H groups in total. The number of hydrogen-bond acceptors (Lipinski definition) is 10. The predicted octanol–water partition coefficient (Wildman–Crippen LogP) is 4.43. The van der Waals surface area contributed by atoms with E-state index in [2.05, 4.69) is 11.1 Å². The summed E-state index contributed by atoms with van der Waals surface area (Å²) in [6, 6.07) is 13.8. The normalized spacial score (nSPS) is 17.4. The number of pyridine rings is 1. The van der Waals surface area contributed by atoms with Crippen molar-refractivity contribution < 1.29 is 44.5 Å². The second-order valence-corrected chi connectivity index (χ2v) is 14.2. The quantitative estimate of drug-likeness (QED) is 0.0987. The van der Waals surface area contributed by atoms with Crippen molar-refractivity contribution in [3.63, 3.8) is 0 Å². The highest BCUT2D eigenvalue weighted by atomic mass is 35.5. The lowest BCUT2D eigenvalue weighted by Crippen LogP contribution is -2.53. The number of benzene rings is 2. The highest BCUT2D eigenvalue weighted by Gasteiger charge is 2.48. The van der Waals surface area contributed by atoms with Crippen LogP contribution < -0.4 is 4.74 Å². The van der Waals surface area contributed by atoms with Gasteiger partial charge in [-0.25, -0.2) is 0 Å². The van der Waals surface area contributed by atoms with Gasteiger partial charge in [-0.3, -0.25) is 9.78 Å². The van der Waals surface area contributed by atoms with Crippen molar-refractivity contribution in [2.24, 2.45) is 0 Å². The number of hydrogen-bond donors (Lipinski definition) is 5. The Morgan fingerprint density at radius 1 is 0.961 bits per heavy atom. The van der Waals surface area contributed by atoms with E-state index in [0.29, 0.717) is 42.3 Å². The summed E-state index contributed by atoms with van der Waals surface area (Å²) < 4.78 is 17.9. The molecule has 51 heavy (non-hydrogen) atoms. The third kappa shape index (κ3) is 10.2. The number of methoxy groups -OCH3 is 1. The van der Waals surface area contributed by atoms with Crippen molar-refractivity contribution in [1.29, 1.82) is 0 Å². The molecule has 1 heterocycles. The summed E-state index contributed by atoms with van der Waals surface area (Å²) in [5.41, 5.74) is 4.22. The standard InChI is InChI=1S/C38H48Cl2N2O9/c1-49-18-6-17-42(37(48)36(47)35(46)34(45)32(44)22-43)16-5-4-7-24-19-31(40)25(20-30(24)39)23-50-38(13-14-38)29-21-41-15-12-27(29)28-8-2-3-9-33(28)51-26-10-11-26/h2-3,8-9,12,15,19-21,26,32,34-36,43-47H,4-7,10-11,13-14,16-18,22-23H2,1H3. The molecule has 13 heteroatoms. The maximum atomic E-state index is 13.0. The number of ether oxygens (including phenoxy) is 3. The molecule has 11 nitrogen and oxygen atoms in total. The molecule has 1 amide bonds. The van der Waals surface area contributed by atoms with Crippen LogP contribution in [-0.2, 0) is 32.9 Å². The van der Waals surface area contributed by atoms with Gasteiger partial charge in [0, 0.05) is 60.4 Å². The Kier molecular flexibility index (Phi) is 14.1. The summed E-state index contributed by atoms with van der Waals surface area (Å²) in [7, 11) is 1.54. The fourth-order valence-electron chi connectivity index (χ4n) is 6.11. The van der Waals surface area contributed by atoms with E-state index in [0.717, 1.165) is 59.3 Å². The number of carbonyl (C=O) groups excluding carboxylic acids is 1. The number of aryl methyl sites for hydroxylation is 1. The molecule has 2 fully saturated rings. The number of amides is 1. The molecule has 2 aromatic carbocycles. The lowest BCUT2D eigenvalue weighted by atomic mass is 9.96. The van der Waals surface area contributed by atoms with Crippen LogP contribution >= 0.6 is 23.2 Å². The lowest BCUT2D eigenvalue weighted by Gasteiger charge is -2.30. The van der Waals surface area contributed by atoms with Crippen LogP contribution in [0.15, 0.2) is 54.9 Å². The molecule has 2 aliphatic rings. The molecule has 4 unspecified atom stereocenters. The summed E-state index contributed by atoms with van der Waals surface area (Å²) in [6.45, 7) is 0.323. The van der Waals surface area contributed by atoms with Crippen LogP contribution in [-0.4, -0.2) is 105 Å². The number of unbranched alkanes of at least 4 members (excludes halogenated alkanes) is 1. The molecule has 0 bridgehead atoms. The molecule has 2 saturated carbocycles. The first-order valence-corrected chi connectivity index (χ1v) is 18.3. The highest BCUT2D eigenvalue weighted by molar-refractivity contribution is 6.34. The zero-order chi connectivity index (χ0) is 36.5. The van der Waals surface area contributed by atoms with Crippen molar-refractivity contribution in [2.45, 2.75) is 94.1 Å². The zero-order valence-electron chi connectivity index (χ0n) is 28.8. The number of nitrogens with zero attached hydrogens (tertiary/aromatic N) is 2. The maximum Gasteiger partial charge on any atom is 0.254 e. The Morgan fingerprint density at radius 3 is 2.37 bits per heavy atom. The van der Waals surface area contributed by atoms with E-state index in [-0.39, 0.29) is 25.8 Å². The topological polar surface area (TPSA) is 162 Å². The van der Waals surface area contributed by atoms with Gasteiger partial charge in [0.25, 0.3) is 5.91 Å². The molecular weight excluding hydrogens is 699 g/mol. The average molecular weight is 748 g/mol. The Labute approximate surface area is 308 Å². The van der Waals surface area contributed by atoms with Crippen molar-refractivity contribution >= 4 is 29.1 Å². The number of halogens is 2. The largest absolute Gasteiger partial charge is 0.490 e. The van der Waals surface area contributed by atoms with Gasteiger partial charge in [-0.1, -0.05) is 41.4 Å². The molecule has 0 radical (unpaired) electrons. The van der Waals surface area contributed by atoms with Gasteiger partial charge < -0.3 is 44.6 Å². The van der Waals surface area contributed by atoms with Crippen LogP contribution in [0.5, 0.6) is 5.75 Å². The monoisotopic (exact) mass is 746 g/mol. The van der Waals surface area contributed by atoms with Gasteiger partial charge in [0.1, 0.15) is 24.1 Å². The lowest BCUT2D eigenvalue weighted by molar-refractivity contribution is -0.158. The molecule has 0 saturated heterocycles. The Hall–Kier alpha value is -2.84. The Bertz CT molecular complexity index is 1600. The zero-order valence-corrected chi connectivity index (χ0v) is 30.3. The first-order valence-electron chi connectivity index (χ1n) is 17.5. The van der Waals surface area contributed by atoms with Crippen LogP contribution in [0.2, 0.25) is 10.0 Å². The number of aromatic nitrogens is 1. The third-order valence-electron chi connectivity index (χ3n) is 9.45. The van der Waals surface area contributed by atoms with Gasteiger partial charge in [-0.05, 0) is 92.3 Å². The van der Waals surface area contributed by atoms with Crippen molar-refractivity contribution in [2.75, 3.05) is 33.4 Å². The van der Waals surface area contributed by atoms with Crippen molar-refractivity contribution in [3.05, 3.63) is 81.6 Å². The molecule has 5 rings (SSSR count). The van der Waals surface area contributed by atoms with E-state index >= 15 is 0 Å². The van der Waals surface area contributed by atoms with E-state index in [9.17, 15) is 25.2 Å². The van der Waals surface area contributed by atoms with Gasteiger partial charge in [0.05, 0.1) is 24.9 Å². The number of para-hydroxylation sites is 1. The van der Waals surface area contributed by atoms with E-state index < -0.39 is 42.5 Å². The van der Waals surface area contributed by atoms with Gasteiger partial charge in [-0.2, -0.15) is 0 Å². The fraction of sp³-hybridized carbons (Fsp3) is 0.526. The summed E-state index contributed by atoms with van der Waals surface area (Å²) >= 11 is 13.5. The van der Waals surface area contributed by atoms with Gasteiger partial charge in [0.2, 0.25) is 0 Å². The molecule has 2 aliphatic carbocycles. The predicted molar refractivity (Wildman–Crippen MR) is 193 cm³/mol. The second kappa shape index (κ2) is 18.3. The Morgan fingerprint density at radius 2 is 1.67 bits per heavy atom. The average Bonchev–Trinajstić information content (AvgIpc) is 4.09. The van der Waals surface area contributed by atoms with E-state index in [1.165, 1.54) is 12.0 Å². The first-order chi connectivity index (χ1) is 24.6. The van der Waals surface area contributed by atoms with E-state index in [4.69, 9.17) is 42.5 Å². The number of aliphatic hydroxyl groups excluding tert-OH is 5. The minimum atomic E-state index is -1.98. The van der Waals surface area contributed by atoms with Crippen LogP contribution in [0.4, 0.5) is 0 Å². The minimum absolute atomic E-state index is 0.249. The van der Waals surface area contributed by atoms with E-state index in [1.54, 1.807) is 6.20 Å². The molecule has 0 aliphatic heterocycles. The summed E-state index contributed by atoms with van der Waals surface area (Å²) in [6.07, 6.45) is 2.51. The fourth-order valence-corrected chi connectivity index (χ4v) is 6.63. The summed E-state index contributed by atoms with van der Waals surface area (Å²) in [5.74, 6) is 0.0705. The first kappa shape index (κ1) is 39.4. The maximum absolute atomic E-state index is 13.0. The van der Waals surface area contributed by atoms with Crippen LogP contribution in [0.1, 0.15) is 61.6 Å². The molecule has 4 atom stereocenters. The minimum Gasteiger partial charge on any atom is -0.490 e. The number of aliphatic hydroxyl groups is 5. The highest BCUT2D eigenvalue weighted by Crippen LogP contribution is 2.53. The van der Waals surface area contributed by atoms with Crippen molar-refractivity contribution in [1.82, 2.24) is 9.88 Å². The number of carbonyl (C=O) groups is 1. The van der Waals surface area contributed by atoms with Crippen LogP contribution in [0.25, 0.3) is 11.1 Å². The van der Waals surface area contributed by atoms with Gasteiger partial charge in [0.15, 0.2) is 6.10 Å². The summed E-state index contributed by atoms with van der Waals surface area (Å²) in [4.78, 5) is 18.9. The van der Waals surface area contributed by atoms with Crippen molar-refractivity contribution in [3.8, 4) is 16.9 Å². The smallest absolute Gasteiger partial charge is 0.254 e.